The average Bonchev–Trinajstić information content (AvgIpc) is 2.61. The van der Waals surface area contributed by atoms with Gasteiger partial charge in [0.25, 0.3) is 5.91 Å². The van der Waals surface area contributed by atoms with Crippen LogP contribution < -0.4 is 5.32 Å². The number of hydrogen-bond acceptors (Lipinski definition) is 2. The van der Waals surface area contributed by atoms with Crippen molar-refractivity contribution < 1.29 is 9.90 Å². The van der Waals surface area contributed by atoms with Crippen molar-refractivity contribution in [3.8, 4) is 5.75 Å². The Balaban J connectivity index is 1.73. The van der Waals surface area contributed by atoms with E-state index >= 15 is 0 Å². The van der Waals surface area contributed by atoms with Gasteiger partial charge >= 0.3 is 0 Å². The molecule has 0 fully saturated rings. The Morgan fingerprint density at radius 1 is 0.750 bits per heavy atom. The van der Waals surface area contributed by atoms with Crippen molar-refractivity contribution in [1.82, 2.24) is 0 Å². The van der Waals surface area contributed by atoms with E-state index in [4.69, 9.17) is 0 Å². The SMILES string of the molecule is O=C(Nc1cc(O)cc2ccccc12)c1ccc2ccccc2c1. The summed E-state index contributed by atoms with van der Waals surface area (Å²) < 4.78 is 0. The minimum atomic E-state index is -0.198. The molecule has 4 aromatic carbocycles. The summed E-state index contributed by atoms with van der Waals surface area (Å²) in [4.78, 5) is 12.6. The predicted molar refractivity (Wildman–Crippen MR) is 97.5 cm³/mol. The summed E-state index contributed by atoms with van der Waals surface area (Å²) in [6.45, 7) is 0. The van der Waals surface area contributed by atoms with E-state index in [0.717, 1.165) is 21.5 Å². The first-order valence-electron chi connectivity index (χ1n) is 7.73. The number of fused-ring (bicyclic) bond motifs is 2. The topological polar surface area (TPSA) is 49.3 Å². The van der Waals surface area contributed by atoms with Crippen molar-refractivity contribution in [2.45, 2.75) is 0 Å². The zero-order valence-corrected chi connectivity index (χ0v) is 12.9. The number of anilines is 1. The van der Waals surface area contributed by atoms with E-state index in [0.29, 0.717) is 11.3 Å². The second-order valence-electron chi connectivity index (χ2n) is 5.73. The van der Waals surface area contributed by atoms with Crippen LogP contribution >= 0.6 is 0 Å². The standard InChI is InChI=1S/C21H15NO2/c23-18-12-16-7-3-4-8-19(16)20(13-18)22-21(24)17-10-9-14-5-1-2-6-15(14)11-17/h1-13,23H,(H,22,24). The highest BCUT2D eigenvalue weighted by Gasteiger charge is 2.10. The molecule has 0 aliphatic rings. The maximum absolute atomic E-state index is 12.6. The molecule has 0 aliphatic carbocycles. The van der Waals surface area contributed by atoms with Crippen molar-refractivity contribution in [3.05, 3.63) is 84.4 Å². The Kier molecular flexibility index (Phi) is 3.39. The van der Waals surface area contributed by atoms with Crippen LogP contribution in [0.5, 0.6) is 5.75 Å². The number of nitrogens with one attached hydrogen (secondary N) is 1. The van der Waals surface area contributed by atoms with Gasteiger partial charge in [-0.25, -0.2) is 0 Å². The van der Waals surface area contributed by atoms with E-state index in [1.807, 2.05) is 66.7 Å². The molecule has 0 unspecified atom stereocenters. The first-order chi connectivity index (χ1) is 11.7. The number of rotatable bonds is 2. The summed E-state index contributed by atoms with van der Waals surface area (Å²) in [6, 6.07) is 24.4. The lowest BCUT2D eigenvalue weighted by Gasteiger charge is -2.10. The largest absolute Gasteiger partial charge is 0.508 e. The molecule has 0 spiro atoms. The zero-order chi connectivity index (χ0) is 16.5. The Bertz CT molecular complexity index is 1070. The first kappa shape index (κ1) is 14.3. The Morgan fingerprint density at radius 2 is 1.46 bits per heavy atom. The third kappa shape index (κ3) is 2.57. The first-order valence-corrected chi connectivity index (χ1v) is 7.73. The van der Waals surface area contributed by atoms with Crippen LogP contribution in [0.25, 0.3) is 21.5 Å². The van der Waals surface area contributed by atoms with Gasteiger partial charge in [0.15, 0.2) is 0 Å². The summed E-state index contributed by atoms with van der Waals surface area (Å²) in [5.74, 6) is -0.0704. The summed E-state index contributed by atoms with van der Waals surface area (Å²) in [6.07, 6.45) is 0. The quantitative estimate of drug-likeness (QED) is 0.550. The minimum absolute atomic E-state index is 0.127. The molecule has 0 atom stereocenters. The third-order valence-corrected chi connectivity index (χ3v) is 4.11. The van der Waals surface area contributed by atoms with Crippen LogP contribution in [-0.2, 0) is 0 Å². The maximum Gasteiger partial charge on any atom is 0.255 e. The fourth-order valence-electron chi connectivity index (χ4n) is 2.92. The molecule has 0 bridgehead atoms. The molecule has 0 aromatic heterocycles. The van der Waals surface area contributed by atoms with E-state index < -0.39 is 0 Å². The lowest BCUT2D eigenvalue weighted by Crippen LogP contribution is -2.12. The minimum Gasteiger partial charge on any atom is -0.508 e. The smallest absolute Gasteiger partial charge is 0.255 e. The number of carbonyl (C=O) groups is 1. The van der Waals surface area contributed by atoms with E-state index in [-0.39, 0.29) is 11.7 Å². The van der Waals surface area contributed by atoms with Gasteiger partial charge in [0.1, 0.15) is 5.75 Å². The van der Waals surface area contributed by atoms with Gasteiger partial charge in [0.2, 0.25) is 0 Å². The predicted octanol–water partition coefficient (Wildman–Crippen LogP) is 4.95. The number of aromatic hydroxyl groups is 1. The Labute approximate surface area is 139 Å². The summed E-state index contributed by atoms with van der Waals surface area (Å²) >= 11 is 0. The Morgan fingerprint density at radius 3 is 2.29 bits per heavy atom. The van der Waals surface area contributed by atoms with Gasteiger partial charge in [-0.05, 0) is 34.4 Å². The van der Waals surface area contributed by atoms with E-state index in [9.17, 15) is 9.90 Å². The molecule has 0 saturated heterocycles. The third-order valence-electron chi connectivity index (χ3n) is 4.11. The van der Waals surface area contributed by atoms with Gasteiger partial charge in [0.05, 0.1) is 5.69 Å². The van der Waals surface area contributed by atoms with Crippen LogP contribution in [0.15, 0.2) is 78.9 Å². The molecule has 4 aromatic rings. The van der Waals surface area contributed by atoms with Crippen molar-refractivity contribution in [3.63, 3.8) is 0 Å². The molecule has 3 heteroatoms. The summed E-state index contributed by atoms with van der Waals surface area (Å²) in [7, 11) is 0. The van der Waals surface area contributed by atoms with Crippen LogP contribution in [0, 0.1) is 0 Å². The fourth-order valence-corrected chi connectivity index (χ4v) is 2.92. The normalized spacial score (nSPS) is 10.8. The molecule has 0 aliphatic heterocycles. The monoisotopic (exact) mass is 313 g/mol. The van der Waals surface area contributed by atoms with Crippen molar-refractivity contribution in [2.75, 3.05) is 5.32 Å². The van der Waals surface area contributed by atoms with E-state index in [1.165, 1.54) is 0 Å². The van der Waals surface area contributed by atoms with Gasteiger partial charge in [-0.1, -0.05) is 54.6 Å². The molecular formula is C21H15NO2. The highest BCUT2D eigenvalue weighted by molar-refractivity contribution is 6.10. The molecule has 1 amide bonds. The fraction of sp³-hybridized carbons (Fsp3) is 0. The lowest BCUT2D eigenvalue weighted by molar-refractivity contribution is 0.102. The molecule has 0 radical (unpaired) electrons. The maximum atomic E-state index is 12.6. The van der Waals surface area contributed by atoms with E-state index in [1.54, 1.807) is 12.1 Å². The second-order valence-corrected chi connectivity index (χ2v) is 5.73. The van der Waals surface area contributed by atoms with Crippen LogP contribution in [0.3, 0.4) is 0 Å². The van der Waals surface area contributed by atoms with Gasteiger partial charge in [0, 0.05) is 17.0 Å². The van der Waals surface area contributed by atoms with Crippen molar-refractivity contribution in [2.24, 2.45) is 0 Å². The van der Waals surface area contributed by atoms with Crippen molar-refractivity contribution >= 4 is 33.1 Å². The van der Waals surface area contributed by atoms with Crippen LogP contribution in [0.2, 0.25) is 0 Å². The van der Waals surface area contributed by atoms with Crippen LogP contribution in [-0.4, -0.2) is 11.0 Å². The highest BCUT2D eigenvalue weighted by Crippen LogP contribution is 2.29. The van der Waals surface area contributed by atoms with Crippen LogP contribution in [0.4, 0.5) is 5.69 Å². The van der Waals surface area contributed by atoms with Gasteiger partial charge in [-0.2, -0.15) is 0 Å². The van der Waals surface area contributed by atoms with Crippen molar-refractivity contribution in [1.29, 1.82) is 0 Å². The molecule has 2 N–H and O–H groups in total. The molecule has 3 nitrogen and oxygen atoms in total. The van der Waals surface area contributed by atoms with Gasteiger partial charge in [-0.15, -0.1) is 0 Å². The molecule has 24 heavy (non-hydrogen) atoms. The summed E-state index contributed by atoms with van der Waals surface area (Å²) in [5.41, 5.74) is 1.19. The van der Waals surface area contributed by atoms with E-state index in [2.05, 4.69) is 5.32 Å². The number of carbonyl (C=O) groups excluding carboxylic acids is 1. The molecule has 4 rings (SSSR count). The number of hydrogen-bond donors (Lipinski definition) is 2. The number of phenolic OH excluding ortho intramolecular Hbond substituents is 1. The number of amides is 1. The van der Waals surface area contributed by atoms with Crippen LogP contribution in [0.1, 0.15) is 10.4 Å². The molecule has 0 heterocycles. The molecule has 116 valence electrons. The molecular weight excluding hydrogens is 298 g/mol. The number of benzene rings is 4. The zero-order valence-electron chi connectivity index (χ0n) is 12.9. The summed E-state index contributed by atoms with van der Waals surface area (Å²) in [5, 5.41) is 16.7. The molecule has 0 saturated carbocycles. The van der Waals surface area contributed by atoms with Gasteiger partial charge in [-0.3, -0.25) is 4.79 Å². The number of phenols is 1. The van der Waals surface area contributed by atoms with Gasteiger partial charge < -0.3 is 10.4 Å². The second kappa shape index (κ2) is 5.70. The lowest BCUT2D eigenvalue weighted by atomic mass is 10.1. The highest BCUT2D eigenvalue weighted by atomic mass is 16.3. The average molecular weight is 313 g/mol. The Hall–Kier alpha value is -3.33.